The van der Waals surface area contributed by atoms with Crippen molar-refractivity contribution in [3.63, 3.8) is 0 Å². The predicted molar refractivity (Wildman–Crippen MR) is 65.0 cm³/mol. The van der Waals surface area contributed by atoms with Gasteiger partial charge in [-0.05, 0) is 0 Å². The fourth-order valence-electron chi connectivity index (χ4n) is 0.946. The minimum absolute atomic E-state index is 0.659. The Kier molecular flexibility index (Phi) is 12.0. The van der Waals surface area contributed by atoms with Gasteiger partial charge in [0.25, 0.3) is 0 Å². The Morgan fingerprint density at radius 3 is 0.941 bits per heavy atom. The van der Waals surface area contributed by atoms with Crippen molar-refractivity contribution in [2.75, 3.05) is 26.4 Å². The van der Waals surface area contributed by atoms with Crippen LogP contribution in [0.15, 0.2) is 0 Å². The van der Waals surface area contributed by atoms with Gasteiger partial charge in [-0.3, -0.25) is 0 Å². The van der Waals surface area contributed by atoms with E-state index < -0.39 is 17.6 Å². The summed E-state index contributed by atoms with van der Waals surface area (Å²) in [5.74, 6) is 0. The van der Waals surface area contributed by atoms with E-state index in [1.165, 1.54) is 0 Å². The van der Waals surface area contributed by atoms with Gasteiger partial charge in [-0.25, -0.2) is 0 Å². The van der Waals surface area contributed by atoms with Gasteiger partial charge in [0.15, 0.2) is 0 Å². The van der Waals surface area contributed by atoms with Gasteiger partial charge in [0.2, 0.25) is 0 Å². The van der Waals surface area contributed by atoms with Crippen molar-refractivity contribution in [3.8, 4) is 0 Å². The normalized spacial score (nSPS) is 12.9. The minimum atomic E-state index is -3.67. The van der Waals surface area contributed by atoms with Gasteiger partial charge in [0.1, 0.15) is 0 Å². The van der Waals surface area contributed by atoms with Crippen molar-refractivity contribution in [2.24, 2.45) is 0 Å². The quantitative estimate of drug-likeness (QED) is 0.485. The zero-order valence-corrected chi connectivity index (χ0v) is 14.6. The molecule has 0 aliphatic rings. The first-order valence-corrected chi connectivity index (χ1v) is 11.4. The van der Waals surface area contributed by atoms with E-state index in [-0.39, 0.29) is 0 Å². The third-order valence-corrected chi connectivity index (χ3v) is 8.27. The van der Waals surface area contributed by atoms with Crippen LogP contribution in [0.2, 0.25) is 0 Å². The summed E-state index contributed by atoms with van der Waals surface area (Å²) in [6.07, 6.45) is 3.83. The molecule has 0 aliphatic carbocycles. The van der Waals surface area contributed by atoms with Gasteiger partial charge in [-0.2, -0.15) is 0 Å². The molecule has 4 nitrogen and oxygen atoms in total. The van der Waals surface area contributed by atoms with Gasteiger partial charge < -0.3 is 0 Å². The third-order valence-electron chi connectivity index (χ3n) is 1.73. The fraction of sp³-hybridized carbons (Fsp3) is 1.00. The molecule has 0 aromatic heterocycles. The molecule has 0 aliphatic heterocycles. The second-order valence-corrected chi connectivity index (χ2v) is 10.0. The van der Waals surface area contributed by atoms with Gasteiger partial charge in [0.05, 0.1) is 0 Å². The van der Waals surface area contributed by atoms with Crippen molar-refractivity contribution in [2.45, 2.75) is 53.4 Å². The Labute approximate surface area is 111 Å². The molecule has 0 fully saturated rings. The molecule has 5 heteroatoms. The summed E-state index contributed by atoms with van der Waals surface area (Å²) in [7, 11) is 0. The molecule has 0 atom stereocenters. The standard InChI is InChI=1S/4C3H7O.W/c4*1-2-3-4;/h4*2-3H2,1H3;/q4*-1;+4. The first-order valence-electron chi connectivity index (χ1n) is 6.65. The van der Waals surface area contributed by atoms with Crippen LogP contribution in [-0.4, -0.2) is 26.4 Å². The molecule has 0 spiro atoms. The van der Waals surface area contributed by atoms with E-state index in [0.717, 1.165) is 25.7 Å². The maximum absolute atomic E-state index is 5.83. The molecule has 106 valence electrons. The maximum atomic E-state index is 5.83. The summed E-state index contributed by atoms with van der Waals surface area (Å²) in [5, 5.41) is 0. The van der Waals surface area contributed by atoms with Crippen LogP contribution in [-0.2, 0) is 31.1 Å². The summed E-state index contributed by atoms with van der Waals surface area (Å²) in [4.78, 5) is 0. The molecule has 0 saturated carbocycles. The molecule has 0 rings (SSSR count). The molecule has 0 saturated heterocycles. The van der Waals surface area contributed by atoms with Crippen LogP contribution in [0.5, 0.6) is 0 Å². The second-order valence-electron chi connectivity index (χ2n) is 3.70. The average Bonchev–Trinajstić information content (AvgIpc) is 2.37. The third kappa shape index (κ3) is 8.28. The molecular weight excluding hydrogens is 392 g/mol. The monoisotopic (exact) mass is 420 g/mol. The molecule has 0 heterocycles. The van der Waals surface area contributed by atoms with E-state index in [0.29, 0.717) is 26.4 Å². The van der Waals surface area contributed by atoms with E-state index >= 15 is 0 Å². The van der Waals surface area contributed by atoms with Crippen molar-refractivity contribution in [1.82, 2.24) is 0 Å². The Bertz CT molecular complexity index is 129. The summed E-state index contributed by atoms with van der Waals surface area (Å²) in [5.41, 5.74) is 0. The van der Waals surface area contributed by atoms with Crippen LogP contribution < -0.4 is 0 Å². The fourth-order valence-corrected chi connectivity index (χ4v) is 7.74. The van der Waals surface area contributed by atoms with E-state index in [2.05, 4.69) is 27.7 Å². The number of hydrogen-bond donors (Lipinski definition) is 0. The number of hydrogen-bond acceptors (Lipinski definition) is 4. The molecule has 17 heavy (non-hydrogen) atoms. The average molecular weight is 420 g/mol. The van der Waals surface area contributed by atoms with Gasteiger partial charge in [-0.1, -0.05) is 0 Å². The Balaban J connectivity index is 4.39. The molecule has 0 N–H and O–H groups in total. The van der Waals surface area contributed by atoms with Gasteiger partial charge in [0, 0.05) is 0 Å². The Hall–Kier alpha value is 0.528. The van der Waals surface area contributed by atoms with Crippen LogP contribution in [0.1, 0.15) is 53.4 Å². The second kappa shape index (κ2) is 11.6. The van der Waals surface area contributed by atoms with Gasteiger partial charge >= 0.3 is 111 Å². The van der Waals surface area contributed by atoms with E-state index in [1.54, 1.807) is 0 Å². The molecule has 0 radical (unpaired) electrons. The van der Waals surface area contributed by atoms with E-state index in [1.807, 2.05) is 0 Å². The van der Waals surface area contributed by atoms with Crippen LogP contribution >= 0.6 is 0 Å². The van der Waals surface area contributed by atoms with Crippen molar-refractivity contribution in [1.29, 1.82) is 0 Å². The first kappa shape index (κ1) is 17.5. The van der Waals surface area contributed by atoms with Crippen LogP contribution in [0, 0.1) is 0 Å². The topological polar surface area (TPSA) is 36.9 Å². The van der Waals surface area contributed by atoms with Crippen molar-refractivity contribution in [3.05, 3.63) is 0 Å². The molecule has 0 amide bonds. The first-order chi connectivity index (χ1) is 8.24. The van der Waals surface area contributed by atoms with Crippen LogP contribution in [0.4, 0.5) is 0 Å². The molecule has 0 bridgehead atoms. The molecule has 0 unspecified atom stereocenters. The Morgan fingerprint density at radius 1 is 0.529 bits per heavy atom. The SMILES string of the molecule is CCC[O][W]([O]CCC)([O]CCC)[O]CCC. The summed E-state index contributed by atoms with van der Waals surface area (Å²) in [6, 6.07) is 0. The summed E-state index contributed by atoms with van der Waals surface area (Å²) < 4.78 is 23.3. The summed E-state index contributed by atoms with van der Waals surface area (Å²) in [6.45, 7) is 11.0. The predicted octanol–water partition coefficient (Wildman–Crippen LogP) is 3.51. The van der Waals surface area contributed by atoms with Crippen LogP contribution in [0.3, 0.4) is 0 Å². The van der Waals surface area contributed by atoms with Gasteiger partial charge in [-0.15, -0.1) is 0 Å². The zero-order valence-electron chi connectivity index (χ0n) is 11.7. The molecule has 0 aromatic carbocycles. The molecule has 0 aromatic rings. The summed E-state index contributed by atoms with van der Waals surface area (Å²) >= 11 is -3.67. The van der Waals surface area contributed by atoms with Crippen LogP contribution in [0.25, 0.3) is 0 Å². The van der Waals surface area contributed by atoms with E-state index in [9.17, 15) is 0 Å². The van der Waals surface area contributed by atoms with Crippen molar-refractivity contribution >= 4 is 0 Å². The van der Waals surface area contributed by atoms with Crippen molar-refractivity contribution < 1.29 is 31.1 Å². The zero-order chi connectivity index (χ0) is 13.0. The number of rotatable bonds is 12. The molecular formula is C12H28O4W. The Morgan fingerprint density at radius 2 is 0.765 bits per heavy atom. The van der Waals surface area contributed by atoms with E-state index in [4.69, 9.17) is 13.6 Å².